The van der Waals surface area contributed by atoms with Gasteiger partial charge in [0, 0.05) is 16.2 Å². The van der Waals surface area contributed by atoms with Gasteiger partial charge in [-0.25, -0.2) is 4.39 Å². The van der Waals surface area contributed by atoms with Gasteiger partial charge in [-0.3, -0.25) is 4.79 Å². The van der Waals surface area contributed by atoms with Crippen molar-refractivity contribution < 1.29 is 9.18 Å². The average molecular weight is 399 g/mol. The minimum Gasteiger partial charge on any atom is -0.335 e. The molecule has 0 bridgehead atoms. The molecule has 0 spiro atoms. The molecule has 1 aliphatic rings. The Bertz CT molecular complexity index is 452. The maximum Gasteiger partial charge on any atom is 0.258 e. The van der Waals surface area contributed by atoms with Gasteiger partial charge in [0.05, 0.1) is 5.56 Å². The van der Waals surface area contributed by atoms with Gasteiger partial charge in [-0.15, -0.1) is 12.4 Å². The fourth-order valence-corrected chi connectivity index (χ4v) is 3.14. The normalized spacial score (nSPS) is 22.2. The number of hydrogen-bond donors (Lipinski definition) is 1. The highest BCUT2D eigenvalue weighted by Crippen LogP contribution is 2.26. The largest absolute Gasteiger partial charge is 0.335 e. The second kappa shape index (κ2) is 6.85. The van der Waals surface area contributed by atoms with E-state index in [0.717, 1.165) is 6.42 Å². The Morgan fingerprint density at radius 1 is 1.58 bits per heavy atom. The number of halogens is 3. The Morgan fingerprint density at radius 2 is 2.26 bits per heavy atom. The summed E-state index contributed by atoms with van der Waals surface area (Å²) in [5, 5.41) is 0. The highest BCUT2D eigenvalue weighted by atomic mass is 127. The van der Waals surface area contributed by atoms with E-state index in [-0.39, 0.29) is 29.9 Å². The first-order valence-electron chi connectivity index (χ1n) is 5.99. The maximum absolute atomic E-state index is 13.8. The van der Waals surface area contributed by atoms with Crippen molar-refractivity contribution in [2.24, 2.45) is 11.7 Å². The predicted molar refractivity (Wildman–Crippen MR) is 84.0 cm³/mol. The van der Waals surface area contributed by atoms with Crippen molar-refractivity contribution in [2.75, 3.05) is 13.1 Å². The van der Waals surface area contributed by atoms with Crippen LogP contribution in [0.3, 0.4) is 0 Å². The van der Waals surface area contributed by atoms with Crippen molar-refractivity contribution in [1.29, 1.82) is 0 Å². The van der Waals surface area contributed by atoms with E-state index in [0.29, 0.717) is 22.6 Å². The Kier molecular flexibility index (Phi) is 6.01. The predicted octanol–water partition coefficient (Wildman–Crippen LogP) is 2.66. The van der Waals surface area contributed by atoms with Gasteiger partial charge in [0.1, 0.15) is 5.82 Å². The van der Waals surface area contributed by atoms with Gasteiger partial charge in [0.15, 0.2) is 0 Å². The SMILES string of the molecule is CC1CC(CN)CN1C(=O)c1c(F)cccc1I.Cl. The van der Waals surface area contributed by atoms with Crippen LogP contribution in [-0.4, -0.2) is 29.9 Å². The smallest absolute Gasteiger partial charge is 0.258 e. The summed E-state index contributed by atoms with van der Waals surface area (Å²) < 4.78 is 14.4. The average Bonchev–Trinajstić information content (AvgIpc) is 2.70. The lowest BCUT2D eigenvalue weighted by Gasteiger charge is -2.22. The number of carbonyl (C=O) groups excluding carboxylic acids is 1. The molecule has 1 fully saturated rings. The van der Waals surface area contributed by atoms with Crippen molar-refractivity contribution in [3.05, 3.63) is 33.1 Å². The molecule has 1 heterocycles. The molecular formula is C13H17ClFIN2O. The zero-order valence-corrected chi connectivity index (χ0v) is 13.6. The molecule has 2 unspecified atom stereocenters. The molecule has 1 aromatic carbocycles. The van der Waals surface area contributed by atoms with Gasteiger partial charge in [0.2, 0.25) is 0 Å². The number of hydrogen-bond acceptors (Lipinski definition) is 2. The third kappa shape index (κ3) is 3.38. The lowest BCUT2D eigenvalue weighted by molar-refractivity contribution is 0.0737. The molecule has 1 saturated heterocycles. The van der Waals surface area contributed by atoms with Crippen LogP contribution >= 0.6 is 35.0 Å². The fraction of sp³-hybridized carbons (Fsp3) is 0.462. The van der Waals surface area contributed by atoms with E-state index >= 15 is 0 Å². The van der Waals surface area contributed by atoms with E-state index in [1.807, 2.05) is 29.5 Å². The number of carbonyl (C=O) groups is 1. The maximum atomic E-state index is 13.8. The first-order valence-corrected chi connectivity index (χ1v) is 7.07. The zero-order chi connectivity index (χ0) is 13.3. The summed E-state index contributed by atoms with van der Waals surface area (Å²) in [4.78, 5) is 14.1. The van der Waals surface area contributed by atoms with Gasteiger partial charge in [0.25, 0.3) is 5.91 Å². The number of likely N-dealkylation sites (tertiary alicyclic amines) is 1. The monoisotopic (exact) mass is 398 g/mol. The number of rotatable bonds is 2. The lowest BCUT2D eigenvalue weighted by atomic mass is 10.1. The molecule has 1 aromatic rings. The van der Waals surface area contributed by atoms with E-state index in [1.165, 1.54) is 6.07 Å². The standard InChI is InChI=1S/C13H16FIN2O.ClH/c1-8-5-9(6-16)7-17(8)13(18)12-10(14)3-2-4-11(12)15;/h2-4,8-9H,5-7,16H2,1H3;1H. The van der Waals surface area contributed by atoms with E-state index in [1.54, 1.807) is 17.0 Å². The quantitative estimate of drug-likeness (QED) is 0.779. The van der Waals surface area contributed by atoms with E-state index in [4.69, 9.17) is 5.73 Å². The summed E-state index contributed by atoms with van der Waals surface area (Å²) in [6.45, 7) is 3.19. The van der Waals surface area contributed by atoms with Crippen LogP contribution in [0.15, 0.2) is 18.2 Å². The van der Waals surface area contributed by atoms with Crippen molar-refractivity contribution in [2.45, 2.75) is 19.4 Å². The summed E-state index contributed by atoms with van der Waals surface area (Å²) in [6.07, 6.45) is 0.896. The van der Waals surface area contributed by atoms with Gasteiger partial charge >= 0.3 is 0 Å². The summed E-state index contributed by atoms with van der Waals surface area (Å²) in [7, 11) is 0. The van der Waals surface area contributed by atoms with Crippen molar-refractivity contribution >= 4 is 40.9 Å². The third-order valence-corrected chi connectivity index (χ3v) is 4.33. The molecule has 2 rings (SSSR count). The molecule has 6 heteroatoms. The molecular weight excluding hydrogens is 382 g/mol. The van der Waals surface area contributed by atoms with Gasteiger partial charge in [-0.2, -0.15) is 0 Å². The highest BCUT2D eigenvalue weighted by Gasteiger charge is 2.33. The summed E-state index contributed by atoms with van der Waals surface area (Å²) in [5.74, 6) is -0.343. The second-order valence-electron chi connectivity index (χ2n) is 4.74. The molecule has 3 nitrogen and oxygen atoms in total. The molecule has 1 aliphatic heterocycles. The number of benzene rings is 1. The van der Waals surface area contributed by atoms with E-state index in [9.17, 15) is 9.18 Å². The highest BCUT2D eigenvalue weighted by molar-refractivity contribution is 14.1. The van der Waals surface area contributed by atoms with Crippen LogP contribution in [0.25, 0.3) is 0 Å². The van der Waals surface area contributed by atoms with Crippen LogP contribution in [0, 0.1) is 15.3 Å². The molecule has 106 valence electrons. The van der Waals surface area contributed by atoms with Gasteiger partial charge < -0.3 is 10.6 Å². The second-order valence-corrected chi connectivity index (χ2v) is 5.90. The van der Waals surface area contributed by atoms with Crippen LogP contribution in [0.5, 0.6) is 0 Å². The third-order valence-electron chi connectivity index (χ3n) is 3.43. The summed E-state index contributed by atoms with van der Waals surface area (Å²) in [6, 6.07) is 4.82. The Balaban J connectivity index is 0.00000180. The molecule has 0 aromatic heterocycles. The summed E-state index contributed by atoms with van der Waals surface area (Å²) in [5.41, 5.74) is 5.83. The first kappa shape index (κ1) is 16.7. The molecule has 0 radical (unpaired) electrons. The molecule has 2 N–H and O–H groups in total. The Hall–Kier alpha value is -0.400. The summed E-state index contributed by atoms with van der Waals surface area (Å²) >= 11 is 2.00. The Labute approximate surface area is 132 Å². The first-order chi connectivity index (χ1) is 8.54. The van der Waals surface area contributed by atoms with Crippen LogP contribution in [0.2, 0.25) is 0 Å². The lowest BCUT2D eigenvalue weighted by Crippen LogP contribution is -2.35. The van der Waals surface area contributed by atoms with E-state index in [2.05, 4.69) is 0 Å². The topological polar surface area (TPSA) is 46.3 Å². The molecule has 0 saturated carbocycles. The molecule has 2 atom stereocenters. The molecule has 19 heavy (non-hydrogen) atoms. The Morgan fingerprint density at radius 3 is 2.79 bits per heavy atom. The van der Waals surface area contributed by atoms with Crippen LogP contribution in [0.4, 0.5) is 4.39 Å². The van der Waals surface area contributed by atoms with Crippen molar-refractivity contribution in [1.82, 2.24) is 4.90 Å². The number of nitrogens with two attached hydrogens (primary N) is 1. The minimum atomic E-state index is -0.449. The minimum absolute atomic E-state index is 0. The molecule has 0 aliphatic carbocycles. The van der Waals surface area contributed by atoms with Gasteiger partial charge in [-0.1, -0.05) is 6.07 Å². The number of amides is 1. The zero-order valence-electron chi connectivity index (χ0n) is 10.6. The van der Waals surface area contributed by atoms with Crippen LogP contribution in [0.1, 0.15) is 23.7 Å². The fourth-order valence-electron chi connectivity index (χ4n) is 2.44. The van der Waals surface area contributed by atoms with Gasteiger partial charge in [-0.05, 0) is 60.5 Å². The number of nitrogens with zero attached hydrogens (tertiary/aromatic N) is 1. The van der Waals surface area contributed by atoms with Crippen molar-refractivity contribution in [3.8, 4) is 0 Å². The van der Waals surface area contributed by atoms with Crippen molar-refractivity contribution in [3.63, 3.8) is 0 Å². The van der Waals surface area contributed by atoms with E-state index < -0.39 is 5.82 Å². The van der Waals surface area contributed by atoms with Crippen LogP contribution in [-0.2, 0) is 0 Å². The molecule has 1 amide bonds. The van der Waals surface area contributed by atoms with Crippen LogP contribution < -0.4 is 5.73 Å².